The molecule has 0 aliphatic rings. The van der Waals surface area contributed by atoms with E-state index in [0.29, 0.717) is 19.6 Å². The third kappa shape index (κ3) is 5.85. The Morgan fingerprint density at radius 1 is 0.781 bits per heavy atom. The van der Waals surface area contributed by atoms with Crippen molar-refractivity contribution < 1.29 is 4.79 Å². The number of amides is 2. The van der Waals surface area contributed by atoms with Gasteiger partial charge in [-0.3, -0.25) is 4.68 Å². The number of hydrogen-bond donors (Lipinski definition) is 2. The molecular weight excluding hydrogens is 396 g/mol. The average Bonchev–Trinajstić information content (AvgIpc) is 3.35. The minimum atomic E-state index is -0.154. The molecule has 0 saturated heterocycles. The predicted octanol–water partition coefficient (Wildman–Crippen LogP) is 4.95. The van der Waals surface area contributed by atoms with Crippen LogP contribution in [0.3, 0.4) is 0 Å². The lowest BCUT2D eigenvalue weighted by atomic mass is 9.88. The van der Waals surface area contributed by atoms with Crippen molar-refractivity contribution in [2.45, 2.75) is 25.4 Å². The summed E-state index contributed by atoms with van der Waals surface area (Å²) in [7, 11) is 0. The van der Waals surface area contributed by atoms with Gasteiger partial charge in [-0.1, -0.05) is 84.9 Å². The van der Waals surface area contributed by atoms with E-state index in [1.54, 1.807) is 6.20 Å². The summed E-state index contributed by atoms with van der Waals surface area (Å²) in [5.74, 6) is 0.243. The van der Waals surface area contributed by atoms with Crippen molar-refractivity contribution in [3.05, 3.63) is 126 Å². The van der Waals surface area contributed by atoms with Crippen LogP contribution in [0, 0.1) is 0 Å². The summed E-state index contributed by atoms with van der Waals surface area (Å²) in [4.78, 5) is 12.5. The molecule has 5 nitrogen and oxygen atoms in total. The number of aromatic nitrogens is 2. The zero-order valence-electron chi connectivity index (χ0n) is 18.0. The van der Waals surface area contributed by atoms with Gasteiger partial charge in [-0.25, -0.2) is 4.79 Å². The van der Waals surface area contributed by atoms with Gasteiger partial charge in [0.05, 0.1) is 6.54 Å². The van der Waals surface area contributed by atoms with Crippen molar-refractivity contribution in [3.63, 3.8) is 0 Å². The van der Waals surface area contributed by atoms with E-state index in [1.807, 2.05) is 47.3 Å². The number of urea groups is 1. The summed E-state index contributed by atoms with van der Waals surface area (Å²) in [6.45, 7) is 1.75. The van der Waals surface area contributed by atoms with Crippen LogP contribution in [-0.4, -0.2) is 22.4 Å². The van der Waals surface area contributed by atoms with Gasteiger partial charge >= 0.3 is 6.03 Å². The molecule has 0 atom stereocenters. The molecule has 32 heavy (non-hydrogen) atoms. The maximum Gasteiger partial charge on any atom is 0.315 e. The molecule has 5 heteroatoms. The molecule has 0 radical (unpaired) electrons. The molecule has 162 valence electrons. The molecule has 0 aliphatic carbocycles. The zero-order chi connectivity index (χ0) is 22.0. The van der Waals surface area contributed by atoms with Gasteiger partial charge in [0.15, 0.2) is 0 Å². The van der Waals surface area contributed by atoms with Gasteiger partial charge in [-0.2, -0.15) is 5.10 Å². The maximum absolute atomic E-state index is 12.5. The molecule has 3 aromatic carbocycles. The first-order valence-electron chi connectivity index (χ1n) is 11.0. The normalized spacial score (nSPS) is 10.8. The summed E-state index contributed by atoms with van der Waals surface area (Å²) < 4.78 is 1.88. The fourth-order valence-electron chi connectivity index (χ4n) is 3.92. The highest BCUT2D eigenvalue weighted by Crippen LogP contribution is 2.27. The van der Waals surface area contributed by atoms with Gasteiger partial charge in [0.1, 0.15) is 0 Å². The largest absolute Gasteiger partial charge is 0.338 e. The Bertz CT molecular complexity index is 1060. The second kappa shape index (κ2) is 11.0. The SMILES string of the molecule is O=C(NCCC(c1ccccc1)c1ccccc1)NCc1ccccc1Cn1cccn1. The monoisotopic (exact) mass is 424 g/mol. The van der Waals surface area contributed by atoms with Gasteiger partial charge in [0.25, 0.3) is 0 Å². The smallest absolute Gasteiger partial charge is 0.315 e. The standard InChI is InChI=1S/C27H28N4O/c32-27(29-20-24-14-7-8-15-25(24)21-31-19-9-17-30-31)28-18-16-26(22-10-3-1-4-11-22)23-12-5-2-6-13-23/h1-15,17,19,26H,16,18,20-21H2,(H2,28,29,32). The Balaban J connectivity index is 1.31. The molecule has 0 bridgehead atoms. The van der Waals surface area contributed by atoms with Crippen LogP contribution in [0.15, 0.2) is 103 Å². The number of benzene rings is 3. The maximum atomic E-state index is 12.5. The van der Waals surface area contributed by atoms with E-state index in [2.05, 4.69) is 70.3 Å². The molecule has 0 spiro atoms. The predicted molar refractivity (Wildman–Crippen MR) is 127 cm³/mol. The Hall–Kier alpha value is -3.86. The van der Waals surface area contributed by atoms with E-state index in [-0.39, 0.29) is 11.9 Å². The van der Waals surface area contributed by atoms with Crippen molar-refractivity contribution in [1.29, 1.82) is 0 Å². The number of rotatable bonds is 9. The number of nitrogens with zero attached hydrogens (tertiary/aromatic N) is 2. The van der Waals surface area contributed by atoms with E-state index in [0.717, 1.165) is 17.5 Å². The van der Waals surface area contributed by atoms with E-state index in [1.165, 1.54) is 11.1 Å². The molecule has 0 unspecified atom stereocenters. The molecular formula is C27H28N4O. The van der Waals surface area contributed by atoms with Crippen LogP contribution in [0.1, 0.15) is 34.6 Å². The minimum Gasteiger partial charge on any atom is -0.338 e. The highest BCUT2D eigenvalue weighted by Gasteiger charge is 2.14. The van der Waals surface area contributed by atoms with E-state index in [9.17, 15) is 4.79 Å². The Labute approximate surface area is 189 Å². The van der Waals surface area contributed by atoms with Crippen molar-refractivity contribution >= 4 is 6.03 Å². The van der Waals surface area contributed by atoms with Crippen LogP contribution in [0.25, 0.3) is 0 Å². The second-order valence-electron chi connectivity index (χ2n) is 7.74. The number of carbonyl (C=O) groups is 1. The van der Waals surface area contributed by atoms with Crippen LogP contribution in [0.5, 0.6) is 0 Å². The first-order chi connectivity index (χ1) is 15.8. The first-order valence-corrected chi connectivity index (χ1v) is 11.0. The number of nitrogens with one attached hydrogen (secondary N) is 2. The highest BCUT2D eigenvalue weighted by molar-refractivity contribution is 5.73. The molecule has 1 aromatic heterocycles. The van der Waals surface area contributed by atoms with E-state index >= 15 is 0 Å². The molecule has 2 N–H and O–H groups in total. The van der Waals surface area contributed by atoms with E-state index in [4.69, 9.17) is 0 Å². The van der Waals surface area contributed by atoms with Gasteiger partial charge in [0.2, 0.25) is 0 Å². The summed E-state index contributed by atoms with van der Waals surface area (Å²) in [6.07, 6.45) is 4.54. The minimum absolute atomic E-state index is 0.154. The fraction of sp³-hybridized carbons (Fsp3) is 0.185. The fourth-order valence-corrected chi connectivity index (χ4v) is 3.92. The Morgan fingerprint density at radius 2 is 1.41 bits per heavy atom. The quantitative estimate of drug-likeness (QED) is 0.399. The van der Waals surface area contributed by atoms with Crippen molar-refractivity contribution in [3.8, 4) is 0 Å². The lowest BCUT2D eigenvalue weighted by Crippen LogP contribution is -2.36. The summed E-state index contributed by atoms with van der Waals surface area (Å²) in [5.41, 5.74) is 4.75. The third-order valence-corrected chi connectivity index (χ3v) is 5.57. The molecule has 1 heterocycles. The Morgan fingerprint density at radius 3 is 2.03 bits per heavy atom. The van der Waals surface area contributed by atoms with E-state index < -0.39 is 0 Å². The summed E-state index contributed by atoms with van der Waals surface area (Å²) in [5, 5.41) is 10.3. The van der Waals surface area contributed by atoms with Crippen molar-refractivity contribution in [1.82, 2.24) is 20.4 Å². The van der Waals surface area contributed by atoms with Crippen LogP contribution < -0.4 is 10.6 Å². The Kier molecular flexibility index (Phi) is 7.32. The van der Waals surface area contributed by atoms with Gasteiger partial charge < -0.3 is 10.6 Å². The topological polar surface area (TPSA) is 59.0 Å². The average molecular weight is 425 g/mol. The van der Waals surface area contributed by atoms with Gasteiger partial charge in [-0.15, -0.1) is 0 Å². The lowest BCUT2D eigenvalue weighted by molar-refractivity contribution is 0.240. The van der Waals surface area contributed by atoms with Crippen molar-refractivity contribution in [2.75, 3.05) is 6.54 Å². The molecule has 0 saturated carbocycles. The van der Waals surface area contributed by atoms with Crippen LogP contribution >= 0.6 is 0 Å². The molecule has 0 aliphatic heterocycles. The van der Waals surface area contributed by atoms with Crippen LogP contribution in [-0.2, 0) is 13.1 Å². The third-order valence-electron chi connectivity index (χ3n) is 5.57. The van der Waals surface area contributed by atoms with Gasteiger partial charge in [-0.05, 0) is 34.7 Å². The zero-order valence-corrected chi connectivity index (χ0v) is 18.0. The second-order valence-corrected chi connectivity index (χ2v) is 7.74. The molecule has 4 rings (SSSR count). The molecule has 4 aromatic rings. The number of hydrogen-bond acceptors (Lipinski definition) is 2. The highest BCUT2D eigenvalue weighted by atomic mass is 16.2. The summed E-state index contributed by atoms with van der Waals surface area (Å²) >= 11 is 0. The van der Waals surface area contributed by atoms with Gasteiger partial charge in [0, 0.05) is 31.4 Å². The first kappa shape index (κ1) is 21.4. The van der Waals surface area contributed by atoms with Crippen LogP contribution in [0.4, 0.5) is 4.79 Å². The molecule has 0 fully saturated rings. The van der Waals surface area contributed by atoms with Crippen LogP contribution in [0.2, 0.25) is 0 Å². The lowest BCUT2D eigenvalue weighted by Gasteiger charge is -2.18. The molecule has 2 amide bonds. The summed E-state index contributed by atoms with van der Waals surface area (Å²) in [6, 6.07) is 30.8. The number of carbonyl (C=O) groups excluding carboxylic acids is 1. The van der Waals surface area contributed by atoms with Crippen molar-refractivity contribution in [2.24, 2.45) is 0 Å².